The molecule has 0 aromatic heterocycles. The van der Waals surface area contributed by atoms with E-state index in [4.69, 9.17) is 11.6 Å². The highest BCUT2D eigenvalue weighted by atomic mass is 35.5. The normalized spacial score (nSPS) is 12.1. The molecule has 0 saturated carbocycles. The van der Waals surface area contributed by atoms with E-state index in [1.807, 2.05) is 0 Å². The number of benzene rings is 1. The fourth-order valence-electron chi connectivity index (χ4n) is 1.36. The molecule has 0 fully saturated rings. The molecular formula is C12H13ClF3N. The van der Waals surface area contributed by atoms with Crippen LogP contribution < -0.4 is 5.32 Å². The summed E-state index contributed by atoms with van der Waals surface area (Å²) in [7, 11) is 0. The molecule has 0 aliphatic rings. The Morgan fingerprint density at radius 3 is 2.59 bits per heavy atom. The van der Waals surface area contributed by atoms with E-state index in [2.05, 4.69) is 5.32 Å². The van der Waals surface area contributed by atoms with Crippen molar-refractivity contribution in [3.63, 3.8) is 0 Å². The minimum Gasteiger partial charge on any atom is -0.382 e. The fraction of sp³-hybridized carbons (Fsp3) is 0.333. The van der Waals surface area contributed by atoms with Gasteiger partial charge in [-0.1, -0.05) is 18.2 Å². The summed E-state index contributed by atoms with van der Waals surface area (Å²) in [5.41, 5.74) is 0.0605. The highest BCUT2D eigenvalue weighted by molar-refractivity contribution is 6.18. The van der Waals surface area contributed by atoms with Crippen LogP contribution in [0.4, 0.5) is 18.9 Å². The van der Waals surface area contributed by atoms with E-state index in [1.54, 1.807) is 18.2 Å². The van der Waals surface area contributed by atoms with E-state index in [0.717, 1.165) is 6.07 Å². The zero-order chi connectivity index (χ0) is 12.9. The second-order valence-corrected chi connectivity index (χ2v) is 3.84. The van der Waals surface area contributed by atoms with Crippen molar-refractivity contribution in [3.8, 4) is 0 Å². The van der Waals surface area contributed by atoms with Gasteiger partial charge in [0.1, 0.15) is 0 Å². The van der Waals surface area contributed by atoms with Gasteiger partial charge in [0, 0.05) is 18.1 Å². The van der Waals surface area contributed by atoms with E-state index in [9.17, 15) is 13.2 Å². The molecule has 5 heteroatoms. The number of hydrogen-bond acceptors (Lipinski definition) is 1. The Hall–Kier alpha value is -1.16. The maximum Gasteiger partial charge on any atom is 0.416 e. The average Bonchev–Trinajstić information content (AvgIpc) is 2.25. The SMILES string of the molecule is Cc1ccc(NC/C=C/CCl)cc1C(F)(F)F. The molecule has 1 rings (SSSR count). The van der Waals surface area contributed by atoms with Crippen molar-refractivity contribution in [3.05, 3.63) is 41.5 Å². The number of alkyl halides is 4. The Balaban J connectivity index is 2.79. The molecule has 0 unspecified atom stereocenters. The van der Waals surface area contributed by atoms with Crippen molar-refractivity contribution >= 4 is 17.3 Å². The van der Waals surface area contributed by atoms with Gasteiger partial charge in [0.05, 0.1) is 5.56 Å². The first kappa shape index (κ1) is 13.9. The van der Waals surface area contributed by atoms with Crippen LogP contribution >= 0.6 is 11.6 Å². The number of nitrogens with one attached hydrogen (secondary N) is 1. The number of aryl methyl sites for hydroxylation is 1. The van der Waals surface area contributed by atoms with Crippen LogP contribution in [0.1, 0.15) is 11.1 Å². The standard InChI is InChI=1S/C12H13ClF3N/c1-9-4-5-10(17-7-3-2-6-13)8-11(9)12(14,15)16/h2-5,8,17H,6-7H2,1H3/b3-2+. The molecule has 0 saturated heterocycles. The monoisotopic (exact) mass is 263 g/mol. The summed E-state index contributed by atoms with van der Waals surface area (Å²) in [5.74, 6) is 0.392. The van der Waals surface area contributed by atoms with Gasteiger partial charge in [-0.3, -0.25) is 0 Å². The molecule has 1 N–H and O–H groups in total. The lowest BCUT2D eigenvalue weighted by molar-refractivity contribution is -0.138. The molecule has 0 heterocycles. The Kier molecular flexibility index (Phi) is 4.87. The lowest BCUT2D eigenvalue weighted by Crippen LogP contribution is -2.09. The topological polar surface area (TPSA) is 12.0 Å². The number of anilines is 1. The van der Waals surface area contributed by atoms with Gasteiger partial charge < -0.3 is 5.32 Å². The Bertz CT molecular complexity index is 399. The van der Waals surface area contributed by atoms with E-state index < -0.39 is 11.7 Å². The van der Waals surface area contributed by atoms with E-state index >= 15 is 0 Å². The summed E-state index contributed by atoms with van der Waals surface area (Å²) in [5, 5.41) is 2.87. The molecule has 0 bridgehead atoms. The second kappa shape index (κ2) is 5.96. The van der Waals surface area contributed by atoms with Crippen LogP contribution in [0, 0.1) is 6.92 Å². The Morgan fingerprint density at radius 2 is 2.00 bits per heavy atom. The van der Waals surface area contributed by atoms with Gasteiger partial charge in [-0.25, -0.2) is 0 Å². The maximum atomic E-state index is 12.6. The third-order valence-corrected chi connectivity index (χ3v) is 2.40. The van der Waals surface area contributed by atoms with Crippen LogP contribution in [0.5, 0.6) is 0 Å². The van der Waals surface area contributed by atoms with Crippen molar-refractivity contribution in [1.82, 2.24) is 0 Å². The fourth-order valence-corrected chi connectivity index (χ4v) is 1.49. The van der Waals surface area contributed by atoms with Gasteiger partial charge in [0.25, 0.3) is 0 Å². The van der Waals surface area contributed by atoms with Crippen LogP contribution in [0.25, 0.3) is 0 Å². The first-order valence-corrected chi connectivity index (χ1v) is 5.61. The highest BCUT2D eigenvalue weighted by Gasteiger charge is 2.32. The second-order valence-electron chi connectivity index (χ2n) is 3.53. The first-order valence-electron chi connectivity index (χ1n) is 5.08. The quantitative estimate of drug-likeness (QED) is 0.633. The maximum absolute atomic E-state index is 12.6. The van der Waals surface area contributed by atoms with Crippen LogP contribution in [0.3, 0.4) is 0 Å². The van der Waals surface area contributed by atoms with Crippen LogP contribution in [-0.2, 0) is 6.18 Å². The Labute approximate surface area is 103 Å². The molecule has 0 aliphatic heterocycles. The average molecular weight is 264 g/mol. The van der Waals surface area contributed by atoms with Gasteiger partial charge >= 0.3 is 6.18 Å². The molecule has 1 nitrogen and oxygen atoms in total. The van der Waals surface area contributed by atoms with Gasteiger partial charge in [0.15, 0.2) is 0 Å². The third-order valence-electron chi connectivity index (χ3n) is 2.22. The zero-order valence-electron chi connectivity index (χ0n) is 9.31. The van der Waals surface area contributed by atoms with Gasteiger partial charge in [-0.2, -0.15) is 13.2 Å². The smallest absolute Gasteiger partial charge is 0.382 e. The summed E-state index contributed by atoms with van der Waals surface area (Å²) in [6, 6.07) is 4.19. The van der Waals surface area contributed by atoms with E-state index in [-0.39, 0.29) is 5.56 Å². The Morgan fingerprint density at radius 1 is 1.29 bits per heavy atom. The number of rotatable bonds is 4. The van der Waals surface area contributed by atoms with E-state index in [0.29, 0.717) is 18.1 Å². The lowest BCUT2D eigenvalue weighted by atomic mass is 10.1. The summed E-state index contributed by atoms with van der Waals surface area (Å²) in [6.45, 7) is 1.90. The molecule has 0 amide bonds. The lowest BCUT2D eigenvalue weighted by Gasteiger charge is -2.12. The molecule has 17 heavy (non-hydrogen) atoms. The summed E-state index contributed by atoms with van der Waals surface area (Å²) in [4.78, 5) is 0. The van der Waals surface area contributed by atoms with Gasteiger partial charge in [-0.05, 0) is 24.6 Å². The van der Waals surface area contributed by atoms with Crippen LogP contribution in [0.2, 0.25) is 0 Å². The van der Waals surface area contributed by atoms with Crippen molar-refractivity contribution < 1.29 is 13.2 Å². The van der Waals surface area contributed by atoms with Crippen molar-refractivity contribution in [1.29, 1.82) is 0 Å². The number of halogens is 4. The first-order chi connectivity index (χ1) is 7.95. The van der Waals surface area contributed by atoms with Crippen molar-refractivity contribution in [2.45, 2.75) is 13.1 Å². The summed E-state index contributed by atoms with van der Waals surface area (Å²) >= 11 is 5.43. The summed E-state index contributed by atoms with van der Waals surface area (Å²) in [6.07, 6.45) is -0.818. The number of allylic oxidation sites excluding steroid dienone is 1. The molecule has 0 spiro atoms. The largest absolute Gasteiger partial charge is 0.416 e. The van der Waals surface area contributed by atoms with E-state index in [1.165, 1.54) is 13.0 Å². The molecule has 0 radical (unpaired) electrons. The van der Waals surface area contributed by atoms with Crippen molar-refractivity contribution in [2.24, 2.45) is 0 Å². The summed E-state index contributed by atoms with van der Waals surface area (Å²) < 4.78 is 37.8. The molecular weight excluding hydrogens is 251 g/mol. The zero-order valence-corrected chi connectivity index (χ0v) is 10.1. The van der Waals surface area contributed by atoms with Gasteiger partial charge in [-0.15, -0.1) is 11.6 Å². The third kappa shape index (κ3) is 4.30. The molecule has 1 aromatic rings. The van der Waals surface area contributed by atoms with Crippen molar-refractivity contribution in [2.75, 3.05) is 17.7 Å². The molecule has 0 aliphatic carbocycles. The predicted molar refractivity (Wildman–Crippen MR) is 64.5 cm³/mol. The van der Waals surface area contributed by atoms with Crippen LogP contribution in [-0.4, -0.2) is 12.4 Å². The van der Waals surface area contributed by atoms with Crippen LogP contribution in [0.15, 0.2) is 30.4 Å². The number of hydrogen-bond donors (Lipinski definition) is 1. The molecule has 1 aromatic carbocycles. The minimum absolute atomic E-state index is 0.222. The minimum atomic E-state index is -4.31. The molecule has 0 atom stereocenters. The predicted octanol–water partition coefficient (Wildman–Crippen LogP) is 4.22. The highest BCUT2D eigenvalue weighted by Crippen LogP contribution is 2.33. The molecule has 94 valence electrons. The van der Waals surface area contributed by atoms with Gasteiger partial charge in [0.2, 0.25) is 0 Å².